The van der Waals surface area contributed by atoms with Crippen LogP contribution in [0.2, 0.25) is 0 Å². The van der Waals surface area contributed by atoms with E-state index in [0.717, 1.165) is 16.7 Å². The number of aryl methyl sites for hydroxylation is 2. The Kier molecular flexibility index (Phi) is 6.74. The number of nitrogens with one attached hydrogen (secondary N) is 1. The van der Waals surface area contributed by atoms with Crippen LogP contribution in [0.1, 0.15) is 43.3 Å². The molecule has 9 nitrogen and oxygen atoms in total. The fourth-order valence-electron chi connectivity index (χ4n) is 4.04. The van der Waals surface area contributed by atoms with Crippen LogP contribution in [0.5, 0.6) is 0 Å². The van der Waals surface area contributed by atoms with E-state index in [1.807, 2.05) is 37.3 Å². The number of nitrogens with two attached hydrogens (primary N) is 1. The van der Waals surface area contributed by atoms with Gasteiger partial charge in [0.05, 0.1) is 0 Å². The van der Waals surface area contributed by atoms with Gasteiger partial charge in [0.1, 0.15) is 5.76 Å². The van der Waals surface area contributed by atoms with Crippen molar-refractivity contribution in [3.8, 4) is 0 Å². The Bertz CT molecular complexity index is 1220. The Morgan fingerprint density at radius 3 is 2.38 bits per heavy atom. The molecule has 1 aliphatic rings. The number of benzene rings is 2. The highest BCUT2D eigenvalue weighted by Gasteiger charge is 2.43. The van der Waals surface area contributed by atoms with E-state index in [9.17, 15) is 14.4 Å². The van der Waals surface area contributed by atoms with Crippen molar-refractivity contribution in [2.24, 2.45) is 5.73 Å². The third kappa shape index (κ3) is 4.84. The van der Waals surface area contributed by atoms with Crippen molar-refractivity contribution in [1.82, 2.24) is 20.3 Å². The first kappa shape index (κ1) is 23.2. The van der Waals surface area contributed by atoms with Crippen molar-refractivity contribution in [1.29, 1.82) is 0 Å². The van der Waals surface area contributed by atoms with Crippen molar-refractivity contribution in [2.75, 3.05) is 13.1 Å². The van der Waals surface area contributed by atoms with Gasteiger partial charge >= 0.3 is 0 Å². The molecule has 3 aromatic rings. The summed E-state index contributed by atoms with van der Waals surface area (Å²) >= 11 is 0. The summed E-state index contributed by atoms with van der Waals surface area (Å²) in [6, 6.07) is 16.2. The predicted octanol–water partition coefficient (Wildman–Crippen LogP) is 1.99. The highest BCUT2D eigenvalue weighted by Crippen LogP contribution is 2.22. The average molecular weight is 462 g/mol. The number of carbonyl (C=O) groups is 3. The molecule has 3 N–H and O–H groups in total. The lowest BCUT2D eigenvalue weighted by molar-refractivity contribution is -0.128. The van der Waals surface area contributed by atoms with E-state index in [1.165, 1.54) is 15.9 Å². The second kappa shape index (κ2) is 9.88. The minimum absolute atomic E-state index is 0.0933. The van der Waals surface area contributed by atoms with E-state index in [1.54, 1.807) is 25.1 Å². The highest BCUT2D eigenvalue weighted by molar-refractivity contribution is 6.01. The Balaban J connectivity index is 1.59. The van der Waals surface area contributed by atoms with E-state index < -0.39 is 18.0 Å². The van der Waals surface area contributed by atoms with Gasteiger partial charge in [0.15, 0.2) is 11.9 Å². The summed E-state index contributed by atoms with van der Waals surface area (Å²) in [7, 11) is 0. The van der Waals surface area contributed by atoms with Crippen LogP contribution in [0.25, 0.3) is 0 Å². The van der Waals surface area contributed by atoms with Gasteiger partial charge in [-0.1, -0.05) is 47.1 Å². The van der Waals surface area contributed by atoms with Crippen LogP contribution >= 0.6 is 0 Å². The van der Waals surface area contributed by atoms with Crippen molar-refractivity contribution in [3.63, 3.8) is 0 Å². The molecule has 1 saturated heterocycles. The molecule has 2 aromatic carbocycles. The predicted molar refractivity (Wildman–Crippen MR) is 124 cm³/mol. The summed E-state index contributed by atoms with van der Waals surface area (Å²) in [5.74, 6) is -0.761. The Morgan fingerprint density at radius 2 is 1.71 bits per heavy atom. The first-order chi connectivity index (χ1) is 16.4. The van der Waals surface area contributed by atoms with Crippen LogP contribution < -0.4 is 11.1 Å². The summed E-state index contributed by atoms with van der Waals surface area (Å²) in [4.78, 5) is 42.7. The molecule has 1 aromatic heterocycles. The second-order valence-corrected chi connectivity index (χ2v) is 8.30. The molecule has 0 bridgehead atoms. The first-order valence-electron chi connectivity index (χ1n) is 11.0. The summed E-state index contributed by atoms with van der Waals surface area (Å²) in [5.41, 5.74) is 9.01. The summed E-state index contributed by atoms with van der Waals surface area (Å²) in [6.45, 7) is 4.62. The van der Waals surface area contributed by atoms with E-state index in [0.29, 0.717) is 17.9 Å². The molecule has 2 heterocycles. The fraction of sp³-hybridized carbons (Fsp3) is 0.280. The minimum atomic E-state index is -1.12. The first-order valence-corrected chi connectivity index (χ1v) is 11.0. The Morgan fingerprint density at radius 1 is 1.00 bits per heavy atom. The number of rotatable bonds is 6. The summed E-state index contributed by atoms with van der Waals surface area (Å²) in [5, 5.41) is 6.66. The molecule has 4 rings (SSSR count). The number of hydrogen-bond donors (Lipinski definition) is 2. The van der Waals surface area contributed by atoms with Crippen LogP contribution in [0, 0.1) is 13.8 Å². The van der Waals surface area contributed by atoms with Crippen molar-refractivity contribution < 1.29 is 18.9 Å². The average Bonchev–Trinajstić information content (AvgIpc) is 3.48. The highest BCUT2D eigenvalue weighted by atomic mass is 16.5. The number of carbonyl (C=O) groups excluding carboxylic acids is 3. The molecule has 1 aliphatic heterocycles. The molecule has 0 saturated carbocycles. The smallest absolute Gasteiger partial charge is 0.278 e. The molecular weight excluding hydrogens is 434 g/mol. The molecule has 3 amide bonds. The third-order valence-corrected chi connectivity index (χ3v) is 5.73. The quantitative estimate of drug-likeness (QED) is 0.579. The number of aromatic nitrogens is 1. The van der Waals surface area contributed by atoms with Gasteiger partial charge in [0.2, 0.25) is 0 Å². The van der Waals surface area contributed by atoms with Crippen LogP contribution in [-0.4, -0.2) is 51.9 Å². The van der Waals surface area contributed by atoms with Gasteiger partial charge in [-0.05, 0) is 37.1 Å². The molecule has 0 spiro atoms. The van der Waals surface area contributed by atoms with Crippen LogP contribution in [0.4, 0.5) is 0 Å². The van der Waals surface area contributed by atoms with Crippen molar-refractivity contribution in [2.45, 2.75) is 33.1 Å². The lowest BCUT2D eigenvalue weighted by atomic mass is 10.1. The zero-order valence-electron chi connectivity index (χ0n) is 19.2. The van der Waals surface area contributed by atoms with Crippen molar-refractivity contribution in [3.05, 3.63) is 88.3 Å². The molecule has 1 atom stereocenters. The normalized spacial score (nSPS) is 15.4. The second-order valence-electron chi connectivity index (χ2n) is 8.30. The van der Waals surface area contributed by atoms with E-state index in [2.05, 4.69) is 10.5 Å². The topological polar surface area (TPSA) is 122 Å². The van der Waals surface area contributed by atoms with E-state index >= 15 is 0 Å². The van der Waals surface area contributed by atoms with Gasteiger partial charge in [-0.15, -0.1) is 0 Å². The lowest BCUT2D eigenvalue weighted by Crippen LogP contribution is -2.53. The lowest BCUT2D eigenvalue weighted by Gasteiger charge is -2.29. The van der Waals surface area contributed by atoms with Gasteiger partial charge in [0, 0.05) is 37.8 Å². The molecule has 9 heteroatoms. The zero-order valence-corrected chi connectivity index (χ0v) is 19.2. The maximum absolute atomic E-state index is 13.4. The van der Waals surface area contributed by atoms with Gasteiger partial charge in [-0.3, -0.25) is 14.4 Å². The zero-order chi connectivity index (χ0) is 24.2. The molecular formula is C25H27N5O4. The molecule has 1 fully saturated rings. The standard InChI is InChI=1S/C25H27N5O4/c1-16-5-3-8-20(11-16)24(32)29-9-10-30(25(33)21-12-17(2)34-28-21)23(29)22(31)27-15-19-7-4-6-18(13-19)14-26/h3-8,11-13,23H,9-10,14-15,26H2,1-2H3,(H,27,31). The van der Waals surface area contributed by atoms with Gasteiger partial charge in [-0.25, -0.2) is 0 Å². The summed E-state index contributed by atoms with van der Waals surface area (Å²) < 4.78 is 5.04. The van der Waals surface area contributed by atoms with Gasteiger partial charge in [0.25, 0.3) is 17.7 Å². The minimum Gasteiger partial charge on any atom is -0.361 e. The number of amides is 3. The van der Waals surface area contributed by atoms with E-state index in [-0.39, 0.29) is 31.2 Å². The largest absolute Gasteiger partial charge is 0.361 e. The third-order valence-electron chi connectivity index (χ3n) is 5.73. The van der Waals surface area contributed by atoms with E-state index in [4.69, 9.17) is 10.3 Å². The van der Waals surface area contributed by atoms with Gasteiger partial charge in [-0.2, -0.15) is 0 Å². The Labute approximate surface area is 197 Å². The molecule has 0 radical (unpaired) electrons. The van der Waals surface area contributed by atoms with Crippen LogP contribution in [-0.2, 0) is 17.9 Å². The number of nitrogens with zero attached hydrogens (tertiary/aromatic N) is 3. The van der Waals surface area contributed by atoms with Crippen LogP contribution in [0.3, 0.4) is 0 Å². The monoisotopic (exact) mass is 461 g/mol. The molecule has 1 unspecified atom stereocenters. The maximum Gasteiger partial charge on any atom is 0.278 e. The Hall–Kier alpha value is -3.98. The van der Waals surface area contributed by atoms with Crippen LogP contribution in [0.15, 0.2) is 59.1 Å². The maximum atomic E-state index is 13.4. The van der Waals surface area contributed by atoms with Gasteiger partial charge < -0.3 is 25.4 Å². The summed E-state index contributed by atoms with van der Waals surface area (Å²) in [6.07, 6.45) is -1.12. The molecule has 34 heavy (non-hydrogen) atoms. The molecule has 0 aliphatic carbocycles. The fourth-order valence-corrected chi connectivity index (χ4v) is 4.04. The number of hydrogen-bond acceptors (Lipinski definition) is 6. The molecule has 176 valence electrons. The SMILES string of the molecule is Cc1cccc(C(=O)N2CCN(C(=O)c3cc(C)on3)C2C(=O)NCc2cccc(CN)c2)c1. The van der Waals surface area contributed by atoms with Crippen molar-refractivity contribution >= 4 is 17.7 Å².